The summed E-state index contributed by atoms with van der Waals surface area (Å²) in [5.74, 6) is 0.158. The Morgan fingerprint density at radius 3 is 1.60 bits per heavy atom. The number of aromatic nitrogens is 4. The fourth-order valence-electron chi connectivity index (χ4n) is 5.02. The molecule has 1 unspecified atom stereocenters. The molecule has 0 bridgehead atoms. The topological polar surface area (TPSA) is 214 Å². The molecule has 0 fully saturated rings. The molecular weight excluding hydrogens is 745 g/mol. The minimum atomic E-state index is -1.96. The van der Waals surface area contributed by atoms with E-state index in [1.54, 1.807) is 88.4 Å². The van der Waals surface area contributed by atoms with Crippen molar-refractivity contribution in [3.05, 3.63) is 128 Å². The van der Waals surface area contributed by atoms with Crippen LogP contribution >= 0.6 is 10.8 Å². The predicted molar refractivity (Wildman–Crippen MR) is 209 cm³/mol. The van der Waals surface area contributed by atoms with Crippen LogP contribution in [0, 0.1) is 13.8 Å². The number of anilines is 2. The molecule has 55 heavy (non-hydrogen) atoms. The van der Waals surface area contributed by atoms with Crippen molar-refractivity contribution >= 4 is 57.0 Å². The molecule has 0 spiro atoms. The number of nitrogens with zero attached hydrogens (tertiary/aromatic N) is 6. The quantitative estimate of drug-likeness (QED) is 0.0726. The van der Waals surface area contributed by atoms with Crippen LogP contribution < -0.4 is 11.5 Å². The number of amides is 2. The number of rotatable bonds is 19. The lowest BCUT2D eigenvalue weighted by atomic mass is 10.2. The van der Waals surface area contributed by atoms with Crippen LogP contribution in [0.2, 0.25) is 0 Å². The second-order valence-corrected chi connectivity index (χ2v) is 15.0. The number of nitrogen functional groups attached to an aromatic ring is 2. The number of benzene rings is 2. The molecule has 0 radical (unpaired) electrons. The number of allylic oxidation sites excluding steroid dienone is 2. The first-order valence-electron chi connectivity index (χ1n) is 17.0. The maximum absolute atomic E-state index is 14.5. The number of ether oxygens (including phenoxy) is 2. The van der Waals surface area contributed by atoms with Gasteiger partial charge in [0.15, 0.2) is 0 Å². The third-order valence-electron chi connectivity index (χ3n) is 8.16. The Morgan fingerprint density at radius 2 is 1.16 bits per heavy atom. The number of hydrogen-bond donors (Lipinski definition) is 2. The first-order chi connectivity index (χ1) is 26.4. The van der Waals surface area contributed by atoms with E-state index in [0.29, 0.717) is 63.0 Å². The molecule has 4 aromatic rings. The van der Waals surface area contributed by atoms with Gasteiger partial charge in [-0.2, -0.15) is 0 Å². The first-order valence-corrected chi connectivity index (χ1v) is 19.4. The second kappa shape index (κ2) is 20.5. The maximum atomic E-state index is 14.5. The Balaban J connectivity index is 1.68. The van der Waals surface area contributed by atoms with Crippen molar-refractivity contribution in [3.8, 4) is 0 Å². The van der Waals surface area contributed by atoms with E-state index in [0.717, 1.165) is 10.8 Å². The normalized spacial score (nSPS) is 12.4. The molecule has 1 atom stereocenters. The molecule has 288 valence electrons. The molecule has 2 amide bonds. The Morgan fingerprint density at radius 1 is 0.727 bits per heavy atom. The molecule has 2 heterocycles. The lowest BCUT2D eigenvalue weighted by Crippen LogP contribution is -2.23. The zero-order valence-corrected chi connectivity index (χ0v) is 32.5. The lowest BCUT2D eigenvalue weighted by Gasteiger charge is -2.24. The summed E-state index contributed by atoms with van der Waals surface area (Å²) in [5, 5.41) is 0. The first kappa shape index (κ1) is 41.8. The molecule has 0 saturated carbocycles. The number of nitrogens with two attached hydrogens (primary N) is 2. The van der Waals surface area contributed by atoms with E-state index < -0.39 is 21.8 Å². The molecular formula is C38H42N8O7S2. The Kier molecular flexibility index (Phi) is 15.6. The van der Waals surface area contributed by atoms with Crippen molar-refractivity contribution in [2.24, 2.45) is 0 Å². The van der Waals surface area contributed by atoms with Gasteiger partial charge in [0, 0.05) is 52.7 Å². The van der Waals surface area contributed by atoms with Crippen molar-refractivity contribution in [2.75, 3.05) is 24.7 Å². The highest BCUT2D eigenvalue weighted by atomic mass is 33.1. The van der Waals surface area contributed by atoms with Crippen LogP contribution in [0.1, 0.15) is 70.2 Å². The van der Waals surface area contributed by atoms with Gasteiger partial charge in [-0.3, -0.25) is 9.59 Å². The average molecular weight is 787 g/mol. The number of aryl methyl sites for hydroxylation is 2. The standard InChI is InChI=1S/C38H42N8O7S2/c1-25(45(23-47)21-31-19-41-27(3)43-35(31)39)33(15-17-52-37(49)29-11-7-5-8-12-29)54-55(51)34(16-18-53-38(50)30-13-9-6-10-14-30)26(2)46(24-48)22-32-20-42-28(4)44-36(32)40/h5-14,19-20,23-24H,15-18,21-22H2,1-4H3,(H2,39,41,43)(H2,40,42,44)/b33-25-,34-26+. The van der Waals surface area contributed by atoms with Gasteiger partial charge in [-0.25, -0.2) is 33.7 Å². The third kappa shape index (κ3) is 12.0. The second-order valence-electron chi connectivity index (χ2n) is 12.0. The van der Waals surface area contributed by atoms with Crippen LogP contribution in [0.5, 0.6) is 0 Å². The fraction of sp³-hybridized carbons (Fsp3) is 0.263. The van der Waals surface area contributed by atoms with E-state index in [-0.39, 0.29) is 55.7 Å². The van der Waals surface area contributed by atoms with Gasteiger partial charge in [0.05, 0.1) is 42.3 Å². The van der Waals surface area contributed by atoms with Gasteiger partial charge in [-0.1, -0.05) is 36.4 Å². The van der Waals surface area contributed by atoms with Crippen molar-refractivity contribution in [3.63, 3.8) is 0 Å². The zero-order valence-electron chi connectivity index (χ0n) is 30.8. The third-order valence-corrected chi connectivity index (χ3v) is 11.6. The summed E-state index contributed by atoms with van der Waals surface area (Å²) in [6.07, 6.45) is 4.23. The SMILES string of the molecule is C/C(=C(\CCOC(=O)c1ccccc1)SS(=O)/C(CCOC(=O)c1ccccc1)=C(\C)N(C=O)Cc1cnc(C)nc1N)N(C=O)Cc1cnc(C)nc1N. The van der Waals surface area contributed by atoms with Crippen LogP contribution in [0.3, 0.4) is 0 Å². The summed E-state index contributed by atoms with van der Waals surface area (Å²) in [7, 11) is -1.06. The van der Waals surface area contributed by atoms with Crippen LogP contribution in [-0.4, -0.2) is 71.9 Å². The number of carbonyl (C=O) groups is 4. The number of esters is 2. The number of hydrogen-bond acceptors (Lipinski definition) is 14. The van der Waals surface area contributed by atoms with Gasteiger partial charge < -0.3 is 30.7 Å². The monoisotopic (exact) mass is 786 g/mol. The van der Waals surface area contributed by atoms with Crippen molar-refractivity contribution < 1.29 is 32.9 Å². The Hall–Kier alpha value is -5.94. The molecule has 2 aromatic carbocycles. The molecule has 4 N–H and O–H groups in total. The molecule has 0 aliphatic heterocycles. The van der Waals surface area contributed by atoms with E-state index in [2.05, 4.69) is 19.9 Å². The fourth-order valence-corrected chi connectivity index (χ4v) is 8.39. The molecule has 17 heteroatoms. The summed E-state index contributed by atoms with van der Waals surface area (Å²) < 4.78 is 25.6. The van der Waals surface area contributed by atoms with Gasteiger partial charge >= 0.3 is 11.9 Å². The summed E-state index contributed by atoms with van der Waals surface area (Å²) >= 11 is 0. The van der Waals surface area contributed by atoms with Gasteiger partial charge in [0.25, 0.3) is 0 Å². The van der Waals surface area contributed by atoms with E-state index in [9.17, 15) is 23.4 Å². The van der Waals surface area contributed by atoms with Crippen LogP contribution in [0.25, 0.3) is 0 Å². The summed E-state index contributed by atoms with van der Waals surface area (Å²) in [5.41, 5.74) is 14.6. The summed E-state index contributed by atoms with van der Waals surface area (Å²) in [4.78, 5) is 70.7. The molecule has 2 aromatic heterocycles. The van der Waals surface area contributed by atoms with Gasteiger partial charge in [0.2, 0.25) is 12.8 Å². The van der Waals surface area contributed by atoms with Crippen molar-refractivity contribution in [2.45, 2.75) is 53.6 Å². The van der Waals surface area contributed by atoms with Crippen molar-refractivity contribution in [1.29, 1.82) is 0 Å². The minimum Gasteiger partial charge on any atom is -0.462 e. The highest BCUT2D eigenvalue weighted by Gasteiger charge is 2.23. The Labute approximate surface area is 325 Å². The van der Waals surface area contributed by atoms with Crippen LogP contribution in [0.4, 0.5) is 11.6 Å². The highest BCUT2D eigenvalue weighted by molar-refractivity contribution is 8.72. The van der Waals surface area contributed by atoms with E-state index in [1.807, 2.05) is 0 Å². The van der Waals surface area contributed by atoms with Gasteiger partial charge in [-0.15, -0.1) is 0 Å². The lowest BCUT2D eigenvalue weighted by molar-refractivity contribution is -0.117. The molecule has 4 rings (SSSR count). The molecule has 0 aliphatic rings. The van der Waals surface area contributed by atoms with Crippen molar-refractivity contribution in [1.82, 2.24) is 29.7 Å². The van der Waals surface area contributed by atoms with Gasteiger partial charge in [-0.05, 0) is 62.8 Å². The molecule has 0 aliphatic carbocycles. The Bertz CT molecular complexity index is 2080. The average Bonchev–Trinajstić information content (AvgIpc) is 3.18. The molecule has 0 saturated heterocycles. The predicted octanol–water partition coefficient (Wildman–Crippen LogP) is 5.02. The number of carbonyl (C=O) groups excluding carboxylic acids is 4. The largest absolute Gasteiger partial charge is 0.462 e. The van der Waals surface area contributed by atoms with Crippen LogP contribution in [-0.2, 0) is 42.0 Å². The van der Waals surface area contributed by atoms with Crippen LogP contribution in [0.15, 0.2) is 94.3 Å². The molecule has 15 nitrogen and oxygen atoms in total. The van der Waals surface area contributed by atoms with E-state index in [1.165, 1.54) is 22.2 Å². The zero-order chi connectivity index (χ0) is 39.9. The minimum absolute atomic E-state index is 0.00192. The van der Waals surface area contributed by atoms with Gasteiger partial charge in [0.1, 0.15) is 33.1 Å². The summed E-state index contributed by atoms with van der Waals surface area (Å²) in [6, 6.07) is 16.8. The van der Waals surface area contributed by atoms with E-state index >= 15 is 0 Å². The smallest absolute Gasteiger partial charge is 0.338 e. The summed E-state index contributed by atoms with van der Waals surface area (Å²) in [6.45, 7) is 6.32. The van der Waals surface area contributed by atoms with E-state index in [4.69, 9.17) is 20.9 Å². The highest BCUT2D eigenvalue weighted by Crippen LogP contribution is 2.35. The maximum Gasteiger partial charge on any atom is 0.338 e.